The van der Waals surface area contributed by atoms with E-state index in [-0.39, 0.29) is 36.6 Å². The van der Waals surface area contributed by atoms with Crippen LogP contribution in [0.1, 0.15) is 37.2 Å². The number of nitrogens with zero attached hydrogens (tertiary/aromatic N) is 2. The number of furan rings is 1. The molecule has 178 valence electrons. The zero-order valence-corrected chi connectivity index (χ0v) is 20.5. The molecule has 0 bridgehead atoms. The summed E-state index contributed by atoms with van der Waals surface area (Å²) in [5, 5.41) is 17.2. The van der Waals surface area contributed by atoms with Crippen molar-refractivity contribution in [2.24, 2.45) is 4.99 Å². The van der Waals surface area contributed by atoms with Crippen molar-refractivity contribution < 1.29 is 22.7 Å². The number of hydrogen-bond acceptors (Lipinski definition) is 4. The van der Waals surface area contributed by atoms with Gasteiger partial charge in [-0.15, -0.1) is 24.0 Å². The topological polar surface area (TPSA) is 73.0 Å². The predicted octanol–water partition coefficient (Wildman–Crippen LogP) is 3.95. The molecule has 0 amide bonds. The number of aliphatic hydroxyl groups is 1. The van der Waals surface area contributed by atoms with Crippen LogP contribution in [0.3, 0.4) is 0 Å². The molecule has 0 saturated carbocycles. The maximum atomic E-state index is 12.7. The smallest absolute Gasteiger partial charge is 0.416 e. The Morgan fingerprint density at radius 3 is 2.56 bits per heavy atom. The highest BCUT2D eigenvalue weighted by atomic mass is 127. The van der Waals surface area contributed by atoms with E-state index < -0.39 is 17.3 Å². The van der Waals surface area contributed by atoms with E-state index in [1.165, 1.54) is 18.4 Å². The second-order valence-electron chi connectivity index (χ2n) is 8.01. The molecular formula is C22H30F3IN4O2. The third kappa shape index (κ3) is 7.38. The van der Waals surface area contributed by atoms with Gasteiger partial charge in [0.15, 0.2) is 5.96 Å². The van der Waals surface area contributed by atoms with Crippen LogP contribution in [0.25, 0.3) is 0 Å². The Bertz CT molecular complexity index is 855. The zero-order chi connectivity index (χ0) is 22.5. The van der Waals surface area contributed by atoms with Gasteiger partial charge in [0.25, 0.3) is 0 Å². The van der Waals surface area contributed by atoms with Crippen LogP contribution in [0.4, 0.5) is 13.2 Å². The number of guanidine groups is 1. The fourth-order valence-electron chi connectivity index (χ4n) is 3.56. The van der Waals surface area contributed by atoms with Crippen molar-refractivity contribution >= 4 is 29.9 Å². The largest absolute Gasteiger partial charge is 0.466 e. The van der Waals surface area contributed by atoms with Crippen LogP contribution >= 0.6 is 24.0 Å². The molecule has 32 heavy (non-hydrogen) atoms. The van der Waals surface area contributed by atoms with E-state index in [0.29, 0.717) is 24.8 Å². The van der Waals surface area contributed by atoms with E-state index in [2.05, 4.69) is 20.5 Å². The summed E-state index contributed by atoms with van der Waals surface area (Å²) in [6, 6.07) is 8.91. The van der Waals surface area contributed by atoms with Crippen LogP contribution in [-0.2, 0) is 18.3 Å². The summed E-state index contributed by atoms with van der Waals surface area (Å²) in [6.45, 7) is 6.61. The van der Waals surface area contributed by atoms with Crippen LogP contribution in [-0.4, -0.2) is 48.2 Å². The van der Waals surface area contributed by atoms with E-state index >= 15 is 0 Å². The van der Waals surface area contributed by atoms with Crippen molar-refractivity contribution in [3.8, 4) is 0 Å². The Balaban J connectivity index is 0.00000363. The van der Waals surface area contributed by atoms with Crippen molar-refractivity contribution in [3.63, 3.8) is 0 Å². The molecule has 1 saturated heterocycles. The van der Waals surface area contributed by atoms with Gasteiger partial charge in [0.05, 0.1) is 18.4 Å². The number of benzene rings is 1. The molecule has 1 aromatic carbocycles. The minimum atomic E-state index is -4.31. The molecule has 1 aromatic heterocycles. The van der Waals surface area contributed by atoms with Crippen molar-refractivity contribution in [2.45, 2.75) is 44.6 Å². The van der Waals surface area contributed by atoms with Gasteiger partial charge in [0, 0.05) is 32.2 Å². The first kappa shape index (κ1) is 26.5. The highest BCUT2D eigenvalue weighted by Crippen LogP contribution is 2.29. The summed E-state index contributed by atoms with van der Waals surface area (Å²) in [6.07, 6.45) is -1.91. The fraction of sp³-hybridized carbons (Fsp3) is 0.500. The van der Waals surface area contributed by atoms with E-state index in [1.807, 2.05) is 6.92 Å². The lowest BCUT2D eigenvalue weighted by Gasteiger charge is -2.22. The first-order chi connectivity index (χ1) is 14.7. The summed E-state index contributed by atoms with van der Waals surface area (Å²) in [5.74, 6) is 1.06. The summed E-state index contributed by atoms with van der Waals surface area (Å²) in [7, 11) is 0. The van der Waals surface area contributed by atoms with Gasteiger partial charge in [0.1, 0.15) is 11.4 Å². The molecule has 2 atom stereocenters. The number of aliphatic imine (C=N–C) groups is 1. The minimum Gasteiger partial charge on any atom is -0.466 e. The van der Waals surface area contributed by atoms with Gasteiger partial charge in [-0.2, -0.15) is 13.2 Å². The van der Waals surface area contributed by atoms with E-state index in [9.17, 15) is 18.3 Å². The number of nitrogens with one attached hydrogen (secondary N) is 2. The number of halogens is 4. The highest BCUT2D eigenvalue weighted by Gasteiger charge is 2.30. The third-order valence-corrected chi connectivity index (χ3v) is 5.24. The van der Waals surface area contributed by atoms with E-state index in [1.54, 1.807) is 19.1 Å². The SMILES string of the molecule is CCNC(=NCC(C)(O)c1ccco1)NC1CCN(Cc2ccc(C(F)(F)F)cc2)C1.I. The lowest BCUT2D eigenvalue weighted by Crippen LogP contribution is -2.45. The Labute approximate surface area is 203 Å². The van der Waals surface area contributed by atoms with E-state index in [0.717, 1.165) is 37.2 Å². The van der Waals surface area contributed by atoms with Gasteiger partial charge < -0.3 is 20.2 Å². The van der Waals surface area contributed by atoms with Crippen molar-refractivity contribution in [3.05, 3.63) is 59.5 Å². The first-order valence-electron chi connectivity index (χ1n) is 10.4. The van der Waals surface area contributed by atoms with Gasteiger partial charge in [-0.1, -0.05) is 12.1 Å². The standard InChI is InChI=1S/C22H29F3N4O2.HI/c1-3-26-20(27-15-21(2,30)19-5-4-12-31-19)28-18-10-11-29(14-18)13-16-6-8-17(9-7-16)22(23,24)25;/h4-9,12,18,30H,3,10-11,13-15H2,1-2H3,(H2,26,27,28);1H. The van der Waals surface area contributed by atoms with Crippen LogP contribution < -0.4 is 10.6 Å². The maximum Gasteiger partial charge on any atom is 0.416 e. The van der Waals surface area contributed by atoms with Crippen molar-refractivity contribution in [1.29, 1.82) is 0 Å². The van der Waals surface area contributed by atoms with Crippen molar-refractivity contribution in [2.75, 3.05) is 26.2 Å². The highest BCUT2D eigenvalue weighted by molar-refractivity contribution is 14.0. The van der Waals surface area contributed by atoms with Gasteiger partial charge in [-0.3, -0.25) is 4.90 Å². The monoisotopic (exact) mass is 566 g/mol. The molecular weight excluding hydrogens is 536 g/mol. The summed E-state index contributed by atoms with van der Waals surface area (Å²) < 4.78 is 43.5. The number of likely N-dealkylation sites (tertiary alicyclic amines) is 1. The lowest BCUT2D eigenvalue weighted by molar-refractivity contribution is -0.137. The molecule has 0 aliphatic carbocycles. The van der Waals surface area contributed by atoms with E-state index in [4.69, 9.17) is 4.42 Å². The molecule has 3 N–H and O–H groups in total. The Morgan fingerprint density at radius 1 is 1.25 bits per heavy atom. The fourth-order valence-corrected chi connectivity index (χ4v) is 3.56. The summed E-state index contributed by atoms with van der Waals surface area (Å²) in [4.78, 5) is 6.70. The minimum absolute atomic E-state index is 0. The molecule has 0 radical (unpaired) electrons. The van der Waals surface area contributed by atoms with Crippen LogP contribution in [0.15, 0.2) is 52.1 Å². The van der Waals surface area contributed by atoms with Gasteiger partial charge in [-0.25, -0.2) is 4.99 Å². The van der Waals surface area contributed by atoms with Crippen LogP contribution in [0.5, 0.6) is 0 Å². The number of rotatable bonds is 7. The van der Waals surface area contributed by atoms with Gasteiger partial charge in [0.2, 0.25) is 0 Å². The number of hydrogen-bond donors (Lipinski definition) is 3. The molecule has 2 unspecified atom stereocenters. The normalized spacial score (nSPS) is 19.3. The summed E-state index contributed by atoms with van der Waals surface area (Å²) in [5.41, 5.74) is -0.992. The lowest BCUT2D eigenvalue weighted by atomic mass is 10.0. The average molecular weight is 566 g/mol. The van der Waals surface area contributed by atoms with Crippen LogP contribution in [0, 0.1) is 0 Å². The molecule has 3 rings (SSSR count). The number of alkyl halides is 3. The third-order valence-electron chi connectivity index (χ3n) is 5.24. The van der Waals surface area contributed by atoms with Crippen molar-refractivity contribution in [1.82, 2.24) is 15.5 Å². The molecule has 2 heterocycles. The second-order valence-corrected chi connectivity index (χ2v) is 8.01. The Hall–Kier alpha value is -1.79. The molecule has 10 heteroatoms. The maximum absolute atomic E-state index is 12.7. The van der Waals surface area contributed by atoms with Gasteiger partial charge in [-0.05, 0) is 50.1 Å². The summed E-state index contributed by atoms with van der Waals surface area (Å²) >= 11 is 0. The Morgan fingerprint density at radius 2 is 1.97 bits per heavy atom. The Kier molecular flexibility index (Phi) is 9.40. The zero-order valence-electron chi connectivity index (χ0n) is 18.2. The molecule has 1 aliphatic heterocycles. The predicted molar refractivity (Wildman–Crippen MR) is 128 cm³/mol. The van der Waals surface area contributed by atoms with Gasteiger partial charge >= 0.3 is 6.18 Å². The molecule has 6 nitrogen and oxygen atoms in total. The molecule has 0 spiro atoms. The molecule has 1 fully saturated rings. The molecule has 2 aromatic rings. The molecule has 1 aliphatic rings. The van der Waals surface area contributed by atoms with Crippen LogP contribution in [0.2, 0.25) is 0 Å². The quantitative estimate of drug-likeness (QED) is 0.269. The first-order valence-corrected chi connectivity index (χ1v) is 10.4. The average Bonchev–Trinajstić information content (AvgIpc) is 3.39. The second kappa shape index (κ2) is 11.4.